The maximum atomic E-state index is 8.88. The Kier molecular flexibility index (Phi) is 6.88. The molecule has 0 spiro atoms. The van der Waals surface area contributed by atoms with Crippen LogP contribution in [0, 0.1) is 11.3 Å². The van der Waals surface area contributed by atoms with Gasteiger partial charge in [0.15, 0.2) is 0 Å². The smallest absolute Gasteiger partial charge is 0.407 e. The van der Waals surface area contributed by atoms with E-state index in [-0.39, 0.29) is 13.0 Å². The molecule has 0 radical (unpaired) electrons. The van der Waals surface area contributed by atoms with Crippen molar-refractivity contribution in [2.24, 2.45) is 0 Å². The second kappa shape index (κ2) is 9.57. The van der Waals surface area contributed by atoms with E-state index in [0.717, 1.165) is 5.46 Å². The molecule has 0 saturated carbocycles. The molecule has 1 fully saturated rings. The summed E-state index contributed by atoms with van der Waals surface area (Å²) in [6, 6.07) is 18.4. The van der Waals surface area contributed by atoms with Crippen molar-refractivity contribution in [1.82, 2.24) is 0 Å². The summed E-state index contributed by atoms with van der Waals surface area (Å²) >= 11 is 0. The first-order chi connectivity index (χ1) is 12.8. The first-order valence-corrected chi connectivity index (χ1v) is 9.62. The summed E-state index contributed by atoms with van der Waals surface area (Å²) in [7, 11) is -0.336. The largest absolute Gasteiger partial charge is 0.493 e. The van der Waals surface area contributed by atoms with E-state index in [1.807, 2.05) is 12.1 Å². The van der Waals surface area contributed by atoms with Crippen LogP contribution in [0.1, 0.15) is 55.2 Å². The highest BCUT2D eigenvalue weighted by molar-refractivity contribution is 6.61. The highest BCUT2D eigenvalue weighted by Crippen LogP contribution is 2.22. The predicted octanol–water partition coefficient (Wildman–Crippen LogP) is 4.21. The number of hydrogen-bond donors (Lipinski definition) is 0. The number of aryl methyl sites for hydroxylation is 1. The zero-order chi connectivity index (χ0) is 18.2. The van der Waals surface area contributed by atoms with Crippen LogP contribution in [0.5, 0.6) is 0 Å². The number of benzene rings is 2. The highest BCUT2D eigenvalue weighted by atomic mass is 16.6. The molecule has 26 heavy (non-hydrogen) atoms. The molecule has 4 heteroatoms. The van der Waals surface area contributed by atoms with E-state index in [0.29, 0.717) is 18.8 Å². The first-order valence-electron chi connectivity index (χ1n) is 9.62. The molecule has 1 aliphatic rings. The third-order valence-electron chi connectivity index (χ3n) is 4.98. The summed E-state index contributed by atoms with van der Waals surface area (Å²) < 4.78 is 11.8. The highest BCUT2D eigenvalue weighted by Gasteiger charge is 2.29. The van der Waals surface area contributed by atoms with Crippen molar-refractivity contribution in [3.63, 3.8) is 0 Å². The monoisotopic (exact) mass is 347 g/mol. The molecule has 0 aliphatic carbocycles. The molecule has 2 aromatic rings. The second-order valence-corrected chi connectivity index (χ2v) is 6.98. The third kappa shape index (κ3) is 4.97. The molecule has 0 atom stereocenters. The van der Waals surface area contributed by atoms with E-state index in [2.05, 4.69) is 37.3 Å². The van der Waals surface area contributed by atoms with Crippen molar-refractivity contribution < 1.29 is 9.31 Å². The van der Waals surface area contributed by atoms with Gasteiger partial charge >= 0.3 is 7.12 Å². The molecule has 3 nitrogen and oxygen atoms in total. The molecule has 0 unspecified atom stereocenters. The van der Waals surface area contributed by atoms with Gasteiger partial charge in [-0.15, -0.1) is 0 Å². The van der Waals surface area contributed by atoms with Crippen LogP contribution in [0.4, 0.5) is 0 Å². The minimum atomic E-state index is -0.336. The lowest BCUT2D eigenvalue weighted by Gasteiger charge is -2.28. The summed E-state index contributed by atoms with van der Waals surface area (Å²) in [6.45, 7) is 3.55. The van der Waals surface area contributed by atoms with Gasteiger partial charge in [-0.1, -0.05) is 62.6 Å². The Labute approximate surface area is 157 Å². The maximum Gasteiger partial charge on any atom is 0.493 e. The van der Waals surface area contributed by atoms with Crippen LogP contribution in [0.25, 0.3) is 0 Å². The van der Waals surface area contributed by atoms with E-state index in [4.69, 9.17) is 14.6 Å². The van der Waals surface area contributed by atoms with Gasteiger partial charge < -0.3 is 9.31 Å². The zero-order valence-corrected chi connectivity index (χ0v) is 15.5. The summed E-state index contributed by atoms with van der Waals surface area (Å²) in [6.07, 6.45) is 6.37. The minimum Gasteiger partial charge on any atom is -0.407 e. The molecule has 0 aromatic heterocycles. The quantitative estimate of drug-likeness (QED) is 0.557. The SMILES string of the molecule is CCCCCCc1ccc(C2COB(c3ccc(C#N)cc3)OC2)cc1. The Bertz CT molecular complexity index is 713. The molecular formula is C22H26BNO2. The Balaban J connectivity index is 1.50. The number of hydrogen-bond acceptors (Lipinski definition) is 3. The molecule has 2 aromatic carbocycles. The fourth-order valence-corrected chi connectivity index (χ4v) is 3.32. The van der Waals surface area contributed by atoms with Crippen molar-refractivity contribution in [3.05, 3.63) is 65.2 Å². The van der Waals surface area contributed by atoms with Gasteiger partial charge in [-0.25, -0.2) is 0 Å². The average molecular weight is 347 g/mol. The molecule has 0 bridgehead atoms. The van der Waals surface area contributed by atoms with E-state index >= 15 is 0 Å². The van der Waals surface area contributed by atoms with Crippen LogP contribution in [0.3, 0.4) is 0 Å². The average Bonchev–Trinajstić information content (AvgIpc) is 2.72. The number of nitrogens with zero attached hydrogens (tertiary/aromatic N) is 1. The first kappa shape index (κ1) is 18.7. The van der Waals surface area contributed by atoms with Crippen molar-refractivity contribution in [3.8, 4) is 6.07 Å². The molecule has 134 valence electrons. The van der Waals surface area contributed by atoms with Gasteiger partial charge in [0.05, 0.1) is 11.6 Å². The second-order valence-electron chi connectivity index (χ2n) is 6.98. The van der Waals surface area contributed by atoms with E-state index in [1.54, 1.807) is 12.1 Å². The van der Waals surface area contributed by atoms with Gasteiger partial charge in [-0.05, 0) is 41.6 Å². The summed E-state index contributed by atoms with van der Waals surface area (Å²) in [5, 5.41) is 8.88. The van der Waals surface area contributed by atoms with Crippen LogP contribution in [0.15, 0.2) is 48.5 Å². The van der Waals surface area contributed by atoms with Crippen LogP contribution in [0.2, 0.25) is 0 Å². The number of nitriles is 1. The van der Waals surface area contributed by atoms with Gasteiger partial charge in [0.25, 0.3) is 0 Å². The molecule has 3 rings (SSSR count). The molecule has 1 heterocycles. The fraction of sp³-hybridized carbons (Fsp3) is 0.409. The molecule has 1 aliphatic heterocycles. The molecule has 1 saturated heterocycles. The van der Waals surface area contributed by atoms with Gasteiger partial charge in [0.1, 0.15) is 0 Å². The standard InChI is InChI=1S/C22H26BNO2/c1-2-3-4-5-6-18-7-11-20(12-8-18)21-16-25-23(26-17-21)22-13-9-19(15-24)10-14-22/h7-14,21H,2-6,16-17H2,1H3. The van der Waals surface area contributed by atoms with Crippen molar-refractivity contribution in [2.75, 3.05) is 13.2 Å². The van der Waals surface area contributed by atoms with Gasteiger partial charge in [-0.2, -0.15) is 5.26 Å². The van der Waals surface area contributed by atoms with Gasteiger partial charge in [-0.3, -0.25) is 0 Å². The lowest BCUT2D eigenvalue weighted by atomic mass is 9.77. The number of unbranched alkanes of at least 4 members (excludes halogenated alkanes) is 3. The topological polar surface area (TPSA) is 42.2 Å². The van der Waals surface area contributed by atoms with E-state index < -0.39 is 0 Å². The maximum absolute atomic E-state index is 8.88. The lowest BCUT2D eigenvalue weighted by Crippen LogP contribution is -2.43. The lowest BCUT2D eigenvalue weighted by molar-refractivity contribution is 0.121. The molecular weight excluding hydrogens is 321 g/mol. The van der Waals surface area contributed by atoms with Crippen LogP contribution in [-0.2, 0) is 15.7 Å². The molecule has 0 amide bonds. The Morgan fingerprint density at radius 2 is 1.65 bits per heavy atom. The summed E-state index contributed by atoms with van der Waals surface area (Å²) in [5.41, 5.74) is 4.31. The Morgan fingerprint density at radius 1 is 0.962 bits per heavy atom. The predicted molar refractivity (Wildman–Crippen MR) is 105 cm³/mol. The van der Waals surface area contributed by atoms with Crippen LogP contribution < -0.4 is 5.46 Å². The van der Waals surface area contributed by atoms with Crippen molar-refractivity contribution >= 4 is 12.6 Å². The Morgan fingerprint density at radius 3 is 2.27 bits per heavy atom. The zero-order valence-electron chi connectivity index (χ0n) is 15.5. The van der Waals surface area contributed by atoms with Crippen molar-refractivity contribution in [1.29, 1.82) is 5.26 Å². The van der Waals surface area contributed by atoms with Crippen molar-refractivity contribution in [2.45, 2.75) is 44.9 Å². The normalized spacial score (nSPS) is 15.0. The number of rotatable bonds is 7. The fourth-order valence-electron chi connectivity index (χ4n) is 3.32. The minimum absolute atomic E-state index is 0.277. The van der Waals surface area contributed by atoms with Crippen LogP contribution in [-0.4, -0.2) is 20.3 Å². The molecule has 0 N–H and O–H groups in total. The van der Waals surface area contributed by atoms with E-state index in [9.17, 15) is 0 Å². The van der Waals surface area contributed by atoms with Gasteiger partial charge in [0.2, 0.25) is 0 Å². The summed E-state index contributed by atoms with van der Waals surface area (Å²) in [5.74, 6) is 0.277. The van der Waals surface area contributed by atoms with Gasteiger partial charge in [0, 0.05) is 19.1 Å². The summed E-state index contributed by atoms with van der Waals surface area (Å²) in [4.78, 5) is 0. The van der Waals surface area contributed by atoms with Crippen LogP contribution >= 0.6 is 0 Å². The third-order valence-corrected chi connectivity index (χ3v) is 4.98. The Hall–Kier alpha value is -2.09. The van der Waals surface area contributed by atoms with E-state index in [1.165, 1.54) is 43.2 Å².